The van der Waals surface area contributed by atoms with Gasteiger partial charge >= 0.3 is 0 Å². The fourth-order valence-corrected chi connectivity index (χ4v) is 3.43. The number of benzene rings is 1. The topological polar surface area (TPSA) is 93.8 Å². The summed E-state index contributed by atoms with van der Waals surface area (Å²) in [6.07, 6.45) is 0. The van der Waals surface area contributed by atoms with Crippen LogP contribution >= 0.6 is 23.1 Å². The number of rotatable bonds is 5. The molecule has 0 radical (unpaired) electrons. The van der Waals surface area contributed by atoms with Crippen molar-refractivity contribution >= 4 is 34.1 Å². The van der Waals surface area contributed by atoms with Crippen molar-refractivity contribution in [1.82, 2.24) is 20.4 Å². The Morgan fingerprint density at radius 3 is 2.96 bits per heavy atom. The normalized spacial score (nSPS) is 10.7. The minimum atomic E-state index is -0.169. The van der Waals surface area contributed by atoms with E-state index in [2.05, 4.69) is 25.7 Å². The summed E-state index contributed by atoms with van der Waals surface area (Å²) < 4.78 is 6.39. The van der Waals surface area contributed by atoms with Gasteiger partial charge in [-0.05, 0) is 19.1 Å². The summed E-state index contributed by atoms with van der Waals surface area (Å²) in [7, 11) is 0. The van der Waals surface area contributed by atoms with Crippen molar-refractivity contribution in [2.75, 3.05) is 5.32 Å². The lowest BCUT2D eigenvalue weighted by atomic mass is 10.1. The Bertz CT molecular complexity index is 830. The van der Waals surface area contributed by atoms with Gasteiger partial charge in [0.05, 0.1) is 5.75 Å². The van der Waals surface area contributed by atoms with Gasteiger partial charge in [-0.15, -0.1) is 20.4 Å². The van der Waals surface area contributed by atoms with Crippen LogP contribution in [0.15, 0.2) is 33.0 Å². The molecule has 0 aliphatic rings. The Kier molecular flexibility index (Phi) is 4.68. The molecule has 9 heteroatoms. The molecule has 3 aromatic rings. The molecule has 0 unspecified atom stereocenters. The summed E-state index contributed by atoms with van der Waals surface area (Å²) in [6, 6.07) is 7.89. The lowest BCUT2D eigenvalue weighted by molar-refractivity contribution is -0.114. The molecule has 1 amide bonds. The van der Waals surface area contributed by atoms with Crippen LogP contribution in [0.25, 0.3) is 11.5 Å². The number of carbonyl (C=O) groups excluding carboxylic acids is 1. The lowest BCUT2D eigenvalue weighted by Gasteiger charge is -1.96. The van der Waals surface area contributed by atoms with Crippen molar-refractivity contribution in [3.05, 3.63) is 35.7 Å². The fourth-order valence-electron chi connectivity index (χ4n) is 1.80. The number of hydrogen-bond donors (Lipinski definition) is 1. The molecular formula is C14H13N5O2S2. The van der Waals surface area contributed by atoms with E-state index in [1.165, 1.54) is 30.0 Å². The van der Waals surface area contributed by atoms with E-state index >= 15 is 0 Å². The first-order valence-electron chi connectivity index (χ1n) is 6.73. The first-order valence-corrected chi connectivity index (χ1v) is 8.53. The largest absolute Gasteiger partial charge is 0.420 e. The van der Waals surface area contributed by atoms with Crippen LogP contribution in [-0.2, 0) is 10.5 Å². The van der Waals surface area contributed by atoms with E-state index in [0.29, 0.717) is 22.7 Å². The zero-order valence-electron chi connectivity index (χ0n) is 12.4. The highest BCUT2D eigenvalue weighted by molar-refractivity contribution is 8.00. The first kappa shape index (κ1) is 15.6. The minimum Gasteiger partial charge on any atom is -0.420 e. The van der Waals surface area contributed by atoms with Crippen molar-refractivity contribution in [3.63, 3.8) is 0 Å². The highest BCUT2D eigenvalue weighted by Crippen LogP contribution is 2.28. The Hall–Kier alpha value is -2.26. The van der Waals surface area contributed by atoms with Crippen molar-refractivity contribution in [2.45, 2.75) is 23.9 Å². The van der Waals surface area contributed by atoms with Crippen molar-refractivity contribution in [2.24, 2.45) is 0 Å². The molecule has 3 rings (SSSR count). The van der Waals surface area contributed by atoms with E-state index in [-0.39, 0.29) is 5.91 Å². The van der Waals surface area contributed by atoms with E-state index in [1.807, 2.05) is 31.2 Å². The second-order valence-corrected chi connectivity index (χ2v) is 6.91. The third-order valence-electron chi connectivity index (χ3n) is 2.74. The molecule has 1 aromatic carbocycles. The number of amides is 1. The molecule has 0 atom stereocenters. The maximum Gasteiger partial charge on any atom is 0.247 e. The lowest BCUT2D eigenvalue weighted by Crippen LogP contribution is -2.04. The SMILES string of the molecule is CC(=O)Nc1nnc(SCc2nnc(-c3cccc(C)c3)o2)s1. The number of aromatic nitrogens is 4. The summed E-state index contributed by atoms with van der Waals surface area (Å²) in [5.74, 6) is 1.34. The molecule has 118 valence electrons. The molecule has 0 saturated carbocycles. The van der Waals surface area contributed by atoms with Gasteiger partial charge in [0.1, 0.15) is 0 Å². The van der Waals surface area contributed by atoms with Gasteiger partial charge < -0.3 is 9.73 Å². The van der Waals surface area contributed by atoms with Crippen LogP contribution in [0.2, 0.25) is 0 Å². The Morgan fingerprint density at radius 1 is 1.30 bits per heavy atom. The third kappa shape index (κ3) is 4.14. The van der Waals surface area contributed by atoms with Gasteiger partial charge in [0, 0.05) is 12.5 Å². The predicted molar refractivity (Wildman–Crippen MR) is 88.2 cm³/mol. The summed E-state index contributed by atoms with van der Waals surface area (Å²) in [5, 5.41) is 19.0. The number of carbonyl (C=O) groups is 1. The van der Waals surface area contributed by atoms with Crippen LogP contribution in [0, 0.1) is 6.92 Å². The van der Waals surface area contributed by atoms with E-state index in [0.717, 1.165) is 15.5 Å². The fraction of sp³-hybridized carbons (Fsp3) is 0.214. The van der Waals surface area contributed by atoms with E-state index < -0.39 is 0 Å². The number of aryl methyl sites for hydroxylation is 1. The number of nitrogens with one attached hydrogen (secondary N) is 1. The highest BCUT2D eigenvalue weighted by Gasteiger charge is 2.11. The minimum absolute atomic E-state index is 0.169. The van der Waals surface area contributed by atoms with Crippen LogP contribution < -0.4 is 5.32 Å². The van der Waals surface area contributed by atoms with E-state index in [9.17, 15) is 4.79 Å². The zero-order chi connectivity index (χ0) is 16.2. The average Bonchev–Trinajstić information content (AvgIpc) is 3.14. The quantitative estimate of drug-likeness (QED) is 0.559. The molecule has 0 bridgehead atoms. The molecule has 0 aliphatic carbocycles. The standard InChI is InChI=1S/C14H13N5O2S2/c1-8-4-3-5-10(6-8)12-17-16-11(21-12)7-22-14-19-18-13(23-14)15-9(2)20/h3-6H,7H2,1-2H3,(H,15,18,20). The molecule has 2 heterocycles. The van der Waals surface area contributed by atoms with Crippen LogP contribution in [0.4, 0.5) is 5.13 Å². The van der Waals surface area contributed by atoms with Crippen molar-refractivity contribution < 1.29 is 9.21 Å². The van der Waals surface area contributed by atoms with Gasteiger partial charge in [0.25, 0.3) is 0 Å². The second-order valence-electron chi connectivity index (χ2n) is 4.71. The average molecular weight is 347 g/mol. The van der Waals surface area contributed by atoms with Gasteiger partial charge in [0.15, 0.2) is 4.34 Å². The van der Waals surface area contributed by atoms with Gasteiger partial charge in [-0.3, -0.25) is 4.79 Å². The summed E-state index contributed by atoms with van der Waals surface area (Å²) in [6.45, 7) is 3.44. The molecule has 0 aliphatic heterocycles. The maximum absolute atomic E-state index is 11.0. The van der Waals surface area contributed by atoms with Crippen LogP contribution in [-0.4, -0.2) is 26.3 Å². The number of hydrogen-bond acceptors (Lipinski definition) is 8. The number of nitrogens with zero attached hydrogens (tertiary/aromatic N) is 4. The monoisotopic (exact) mass is 347 g/mol. The summed E-state index contributed by atoms with van der Waals surface area (Å²) in [4.78, 5) is 11.0. The smallest absolute Gasteiger partial charge is 0.247 e. The van der Waals surface area contributed by atoms with E-state index in [4.69, 9.17) is 4.42 Å². The molecule has 1 N–H and O–H groups in total. The van der Waals surface area contributed by atoms with E-state index in [1.54, 1.807) is 0 Å². The summed E-state index contributed by atoms with van der Waals surface area (Å²) >= 11 is 2.74. The van der Waals surface area contributed by atoms with Crippen LogP contribution in [0.5, 0.6) is 0 Å². The van der Waals surface area contributed by atoms with Crippen molar-refractivity contribution in [3.8, 4) is 11.5 Å². The Labute approximate surface area is 140 Å². The highest BCUT2D eigenvalue weighted by atomic mass is 32.2. The molecule has 0 saturated heterocycles. The zero-order valence-corrected chi connectivity index (χ0v) is 14.1. The van der Waals surface area contributed by atoms with Crippen molar-refractivity contribution in [1.29, 1.82) is 0 Å². The van der Waals surface area contributed by atoms with Gasteiger partial charge in [0.2, 0.25) is 22.8 Å². The maximum atomic E-state index is 11.0. The van der Waals surface area contributed by atoms with Gasteiger partial charge in [-0.25, -0.2) is 0 Å². The Morgan fingerprint density at radius 2 is 2.17 bits per heavy atom. The third-order valence-corrected chi connectivity index (χ3v) is 4.70. The predicted octanol–water partition coefficient (Wildman–Crippen LogP) is 3.15. The molecule has 23 heavy (non-hydrogen) atoms. The first-order chi connectivity index (χ1) is 11.1. The molecule has 0 fully saturated rings. The number of anilines is 1. The summed E-state index contributed by atoms with van der Waals surface area (Å²) in [5.41, 5.74) is 2.04. The second kappa shape index (κ2) is 6.88. The number of thioether (sulfide) groups is 1. The van der Waals surface area contributed by atoms with Gasteiger partial charge in [-0.2, -0.15) is 0 Å². The molecule has 2 aromatic heterocycles. The Balaban J connectivity index is 1.63. The molecular weight excluding hydrogens is 334 g/mol. The molecule has 0 spiro atoms. The van der Waals surface area contributed by atoms with Crippen LogP contribution in [0.3, 0.4) is 0 Å². The molecule has 7 nitrogen and oxygen atoms in total. The van der Waals surface area contributed by atoms with Gasteiger partial charge in [-0.1, -0.05) is 40.8 Å². The van der Waals surface area contributed by atoms with Crippen LogP contribution in [0.1, 0.15) is 18.4 Å².